The Kier molecular flexibility index (Phi) is 3.37. The number of carbonyl (C=O) groups is 2. The molecule has 0 saturated carbocycles. The van der Waals surface area contributed by atoms with Crippen molar-refractivity contribution in [3.8, 4) is 0 Å². The van der Waals surface area contributed by atoms with Crippen molar-refractivity contribution in [2.75, 3.05) is 16.8 Å². The molecule has 1 aromatic rings. The molecular formula is C12H12F2N2O3. The molecule has 1 unspecified atom stereocenters. The van der Waals surface area contributed by atoms with Crippen LogP contribution in [0.1, 0.15) is 13.3 Å². The van der Waals surface area contributed by atoms with E-state index in [1.165, 1.54) is 0 Å². The lowest BCUT2D eigenvalue weighted by Gasteiger charge is -2.34. The number of anilines is 2. The van der Waals surface area contributed by atoms with Crippen molar-refractivity contribution in [1.29, 1.82) is 0 Å². The van der Waals surface area contributed by atoms with Crippen molar-refractivity contribution in [3.05, 3.63) is 23.8 Å². The van der Waals surface area contributed by atoms with Crippen LogP contribution in [-0.4, -0.2) is 29.6 Å². The van der Waals surface area contributed by atoms with Crippen LogP contribution in [0.25, 0.3) is 0 Å². The van der Waals surface area contributed by atoms with E-state index < -0.39 is 29.6 Å². The second kappa shape index (κ2) is 4.83. The Morgan fingerprint density at radius 3 is 2.68 bits per heavy atom. The van der Waals surface area contributed by atoms with Gasteiger partial charge < -0.3 is 10.4 Å². The first-order valence-corrected chi connectivity index (χ1v) is 5.73. The maximum Gasteiger partial charge on any atom is 0.326 e. The molecule has 1 amide bonds. The van der Waals surface area contributed by atoms with Crippen LogP contribution < -0.4 is 10.2 Å². The van der Waals surface area contributed by atoms with E-state index in [0.717, 1.165) is 17.0 Å². The minimum absolute atomic E-state index is 0.0457. The summed E-state index contributed by atoms with van der Waals surface area (Å²) in [4.78, 5) is 24.0. The van der Waals surface area contributed by atoms with Gasteiger partial charge in [0.05, 0.1) is 17.9 Å². The largest absolute Gasteiger partial charge is 0.480 e. The zero-order chi connectivity index (χ0) is 14.2. The number of nitrogens with zero attached hydrogens (tertiary/aromatic N) is 1. The van der Waals surface area contributed by atoms with Crippen LogP contribution in [0.5, 0.6) is 0 Å². The van der Waals surface area contributed by atoms with Gasteiger partial charge in [0.2, 0.25) is 5.91 Å². The maximum absolute atomic E-state index is 13.3. The monoisotopic (exact) mass is 270 g/mol. The van der Waals surface area contributed by atoms with Crippen molar-refractivity contribution in [2.45, 2.75) is 19.4 Å². The van der Waals surface area contributed by atoms with Gasteiger partial charge in [0, 0.05) is 12.1 Å². The van der Waals surface area contributed by atoms with Crippen molar-refractivity contribution >= 4 is 23.3 Å². The van der Waals surface area contributed by atoms with Gasteiger partial charge in [-0.15, -0.1) is 0 Å². The molecule has 0 aliphatic carbocycles. The predicted octanol–water partition coefficient (Wildman–Crippen LogP) is 1.59. The Morgan fingerprint density at radius 2 is 2.11 bits per heavy atom. The van der Waals surface area contributed by atoms with E-state index in [0.29, 0.717) is 0 Å². The summed E-state index contributed by atoms with van der Waals surface area (Å²) >= 11 is 0. The maximum atomic E-state index is 13.3. The zero-order valence-corrected chi connectivity index (χ0v) is 10.1. The molecule has 1 aromatic carbocycles. The third-order valence-electron chi connectivity index (χ3n) is 2.98. The van der Waals surface area contributed by atoms with Gasteiger partial charge in [-0.1, -0.05) is 6.92 Å². The third kappa shape index (κ3) is 2.23. The summed E-state index contributed by atoms with van der Waals surface area (Å²) in [7, 11) is 0. The molecule has 0 radical (unpaired) electrons. The lowest BCUT2D eigenvalue weighted by Crippen LogP contribution is -2.49. The number of amides is 1. The summed E-state index contributed by atoms with van der Waals surface area (Å²) in [5.41, 5.74) is 0.252. The van der Waals surface area contributed by atoms with Crippen molar-refractivity contribution in [3.63, 3.8) is 0 Å². The summed E-state index contributed by atoms with van der Waals surface area (Å²) in [6.45, 7) is 1.45. The Hall–Kier alpha value is -2.18. The Balaban J connectivity index is 2.54. The van der Waals surface area contributed by atoms with Gasteiger partial charge in [0.25, 0.3) is 0 Å². The summed E-state index contributed by atoms with van der Waals surface area (Å²) in [5, 5.41) is 11.7. The molecule has 0 spiro atoms. The van der Waals surface area contributed by atoms with Crippen molar-refractivity contribution in [2.24, 2.45) is 0 Å². The molecule has 5 nitrogen and oxygen atoms in total. The number of hydrogen-bond donors (Lipinski definition) is 2. The average Bonchev–Trinajstić information content (AvgIpc) is 2.35. The van der Waals surface area contributed by atoms with E-state index in [-0.39, 0.29) is 24.3 Å². The molecule has 0 aromatic heterocycles. The molecule has 1 atom stereocenters. The molecule has 1 heterocycles. The van der Waals surface area contributed by atoms with Crippen molar-refractivity contribution in [1.82, 2.24) is 0 Å². The van der Waals surface area contributed by atoms with Crippen LogP contribution in [0.15, 0.2) is 12.1 Å². The second-order valence-corrected chi connectivity index (χ2v) is 4.16. The summed E-state index contributed by atoms with van der Waals surface area (Å²) in [6, 6.07) is 0.650. The van der Waals surface area contributed by atoms with Crippen molar-refractivity contribution < 1.29 is 23.5 Å². The lowest BCUT2D eigenvalue weighted by atomic mass is 10.1. The number of carbonyl (C=O) groups excluding carboxylic acids is 1. The number of aliphatic carboxylic acids is 1. The minimum atomic E-state index is -1.19. The number of fused-ring (bicyclic) bond motifs is 1. The highest BCUT2D eigenvalue weighted by atomic mass is 19.2. The van der Waals surface area contributed by atoms with Gasteiger partial charge in [-0.3, -0.25) is 9.69 Å². The van der Waals surface area contributed by atoms with Gasteiger partial charge in [0.15, 0.2) is 11.6 Å². The van der Waals surface area contributed by atoms with Crippen LogP contribution in [0, 0.1) is 11.6 Å². The summed E-state index contributed by atoms with van der Waals surface area (Å²) in [6.07, 6.45) is 0.166. The standard InChI is InChI=1S/C12H12F2N2O3/c1-2-9(12(18)19)16-10-4-7(14)6(13)3-8(10)15-5-11(16)17/h3-4,9,15H,2,5H2,1H3,(H,18,19). The highest BCUT2D eigenvalue weighted by molar-refractivity contribution is 6.06. The molecule has 2 N–H and O–H groups in total. The third-order valence-corrected chi connectivity index (χ3v) is 2.98. The van der Waals surface area contributed by atoms with Gasteiger partial charge in [-0.05, 0) is 6.42 Å². The molecule has 1 aliphatic heterocycles. The molecule has 0 bridgehead atoms. The van der Waals surface area contributed by atoms with Crippen LogP contribution >= 0.6 is 0 Å². The highest BCUT2D eigenvalue weighted by Crippen LogP contribution is 2.33. The number of nitrogens with one attached hydrogen (secondary N) is 1. The number of halogens is 2. The highest BCUT2D eigenvalue weighted by Gasteiger charge is 2.34. The number of carboxylic acids is 1. The van der Waals surface area contributed by atoms with Gasteiger partial charge in [-0.2, -0.15) is 0 Å². The van der Waals surface area contributed by atoms with Gasteiger partial charge in [0.1, 0.15) is 6.04 Å². The fraction of sp³-hybridized carbons (Fsp3) is 0.333. The fourth-order valence-corrected chi connectivity index (χ4v) is 2.08. The molecule has 0 fully saturated rings. The Bertz CT molecular complexity index is 548. The molecular weight excluding hydrogens is 258 g/mol. The molecule has 2 rings (SSSR count). The first-order chi connectivity index (χ1) is 8.95. The molecule has 0 saturated heterocycles. The Morgan fingerprint density at radius 1 is 1.47 bits per heavy atom. The fourth-order valence-electron chi connectivity index (χ4n) is 2.08. The lowest BCUT2D eigenvalue weighted by molar-refractivity contribution is -0.140. The molecule has 19 heavy (non-hydrogen) atoms. The quantitative estimate of drug-likeness (QED) is 0.875. The van der Waals surface area contributed by atoms with E-state index in [4.69, 9.17) is 5.11 Å². The SMILES string of the molecule is CCC(C(=O)O)N1C(=O)CNc2cc(F)c(F)cc21. The van der Waals surface area contributed by atoms with Crippen LogP contribution in [0.2, 0.25) is 0 Å². The summed E-state index contributed by atoms with van der Waals surface area (Å²) in [5.74, 6) is -3.86. The topological polar surface area (TPSA) is 69.6 Å². The summed E-state index contributed by atoms with van der Waals surface area (Å²) < 4.78 is 26.4. The van der Waals surface area contributed by atoms with Crippen LogP contribution in [0.3, 0.4) is 0 Å². The van der Waals surface area contributed by atoms with Gasteiger partial charge in [-0.25, -0.2) is 13.6 Å². The molecule has 7 heteroatoms. The second-order valence-electron chi connectivity index (χ2n) is 4.16. The van der Waals surface area contributed by atoms with E-state index in [9.17, 15) is 18.4 Å². The molecule has 102 valence electrons. The molecule has 1 aliphatic rings. The Labute approximate surface area is 107 Å². The van der Waals surface area contributed by atoms with Crippen LogP contribution in [0.4, 0.5) is 20.2 Å². The number of rotatable bonds is 3. The number of hydrogen-bond acceptors (Lipinski definition) is 3. The first kappa shape index (κ1) is 13.3. The van der Waals surface area contributed by atoms with Gasteiger partial charge >= 0.3 is 5.97 Å². The zero-order valence-electron chi connectivity index (χ0n) is 10.1. The normalized spacial score (nSPS) is 15.7. The minimum Gasteiger partial charge on any atom is -0.480 e. The first-order valence-electron chi connectivity index (χ1n) is 5.73. The number of carboxylic acid groups (broad SMARTS) is 1. The van der Waals surface area contributed by atoms with Crippen LogP contribution in [-0.2, 0) is 9.59 Å². The van der Waals surface area contributed by atoms with E-state index in [2.05, 4.69) is 5.32 Å². The predicted molar refractivity (Wildman–Crippen MR) is 64.0 cm³/mol. The van der Waals surface area contributed by atoms with E-state index in [1.54, 1.807) is 6.92 Å². The average molecular weight is 270 g/mol. The van der Waals surface area contributed by atoms with E-state index in [1.807, 2.05) is 0 Å². The number of benzene rings is 1. The smallest absolute Gasteiger partial charge is 0.326 e. The van der Waals surface area contributed by atoms with E-state index >= 15 is 0 Å².